The maximum absolute atomic E-state index is 13.6. The van der Waals surface area contributed by atoms with E-state index in [-0.39, 0.29) is 6.61 Å². The van der Waals surface area contributed by atoms with Crippen molar-refractivity contribution >= 4 is 21.4 Å². The molecule has 0 unspecified atom stereocenters. The van der Waals surface area contributed by atoms with Gasteiger partial charge in [0.25, 0.3) is 0 Å². The van der Waals surface area contributed by atoms with Gasteiger partial charge in [-0.05, 0) is 42.0 Å². The maximum Gasteiger partial charge on any atom is 0.239 e. The molecular formula is C18H22FN3O3S. The molecule has 1 heterocycles. The zero-order chi connectivity index (χ0) is 18.9. The van der Waals surface area contributed by atoms with Gasteiger partial charge in [-0.25, -0.2) is 12.8 Å². The van der Waals surface area contributed by atoms with E-state index < -0.39 is 27.1 Å². The Morgan fingerprint density at radius 2 is 1.88 bits per heavy atom. The van der Waals surface area contributed by atoms with Crippen LogP contribution in [0.4, 0.5) is 15.8 Å². The molecule has 1 aliphatic rings. The Morgan fingerprint density at radius 1 is 1.19 bits per heavy atom. The van der Waals surface area contributed by atoms with Crippen molar-refractivity contribution in [3.05, 3.63) is 59.9 Å². The van der Waals surface area contributed by atoms with Gasteiger partial charge >= 0.3 is 0 Å². The van der Waals surface area contributed by atoms with Gasteiger partial charge in [0.1, 0.15) is 11.1 Å². The minimum Gasteiger partial charge on any atom is -0.378 e. The summed E-state index contributed by atoms with van der Waals surface area (Å²) >= 11 is 0. The summed E-state index contributed by atoms with van der Waals surface area (Å²) in [4.78, 5) is 7.36. The molecule has 0 aliphatic carbocycles. The molecule has 2 aromatic rings. The van der Waals surface area contributed by atoms with E-state index >= 15 is 0 Å². The molecule has 8 heteroatoms. The van der Waals surface area contributed by atoms with Crippen LogP contribution in [0, 0.1) is 5.82 Å². The highest BCUT2D eigenvalue weighted by atomic mass is 32.2. The molecule has 0 bridgehead atoms. The standard InChI is InChI=1S/C18H22FN3O3S/c1-21(2)16-9-7-15(8-10-16)20-26(23,24)17-12-25-22(3)18(17)13-5-4-6-14(19)11-13/h4-11,17-18,20H,12H2,1-3H3/t17-,18-/m1/s1. The van der Waals surface area contributed by atoms with Crippen molar-refractivity contribution in [3.8, 4) is 0 Å². The number of benzene rings is 2. The van der Waals surface area contributed by atoms with Crippen molar-refractivity contribution in [2.24, 2.45) is 0 Å². The molecule has 6 nitrogen and oxygen atoms in total. The van der Waals surface area contributed by atoms with Crippen LogP contribution in [-0.2, 0) is 14.9 Å². The molecule has 0 saturated carbocycles. The summed E-state index contributed by atoms with van der Waals surface area (Å²) in [5, 5.41) is 0.608. The summed E-state index contributed by atoms with van der Waals surface area (Å²) in [5.74, 6) is -0.411. The number of nitrogens with one attached hydrogen (secondary N) is 1. The van der Waals surface area contributed by atoms with Crippen LogP contribution in [0.5, 0.6) is 0 Å². The van der Waals surface area contributed by atoms with Crippen molar-refractivity contribution in [1.29, 1.82) is 0 Å². The van der Waals surface area contributed by atoms with E-state index in [0.717, 1.165) is 5.69 Å². The Labute approximate surface area is 153 Å². The van der Waals surface area contributed by atoms with E-state index in [1.165, 1.54) is 17.2 Å². The number of sulfonamides is 1. The summed E-state index contributed by atoms with van der Waals surface area (Å²) in [6.45, 7) is 0.00277. The van der Waals surface area contributed by atoms with Gasteiger partial charge in [0, 0.05) is 32.5 Å². The third kappa shape index (κ3) is 3.82. The highest BCUT2D eigenvalue weighted by Crippen LogP contribution is 2.34. The van der Waals surface area contributed by atoms with E-state index in [4.69, 9.17) is 4.84 Å². The van der Waals surface area contributed by atoms with Gasteiger partial charge in [-0.1, -0.05) is 12.1 Å². The zero-order valence-electron chi connectivity index (χ0n) is 14.9. The minimum absolute atomic E-state index is 0.00277. The number of anilines is 2. The third-order valence-electron chi connectivity index (χ3n) is 4.42. The van der Waals surface area contributed by atoms with Gasteiger partial charge in [0.05, 0.1) is 12.6 Å². The fraction of sp³-hybridized carbons (Fsp3) is 0.333. The van der Waals surface area contributed by atoms with Crippen molar-refractivity contribution < 1.29 is 17.6 Å². The Bertz CT molecular complexity index is 872. The number of hydrogen-bond acceptors (Lipinski definition) is 5. The lowest BCUT2D eigenvalue weighted by Crippen LogP contribution is -2.35. The molecule has 0 spiro atoms. The number of hydrogen-bond donors (Lipinski definition) is 1. The number of hydroxylamine groups is 2. The molecular weight excluding hydrogens is 357 g/mol. The molecule has 1 fully saturated rings. The van der Waals surface area contributed by atoms with E-state index in [9.17, 15) is 12.8 Å². The first-order valence-electron chi connectivity index (χ1n) is 8.18. The largest absolute Gasteiger partial charge is 0.378 e. The average molecular weight is 379 g/mol. The lowest BCUT2D eigenvalue weighted by molar-refractivity contribution is -0.110. The first-order valence-corrected chi connectivity index (χ1v) is 9.73. The summed E-state index contributed by atoms with van der Waals surface area (Å²) < 4.78 is 42.0. The van der Waals surface area contributed by atoms with Crippen LogP contribution in [0.3, 0.4) is 0 Å². The predicted octanol–water partition coefficient (Wildman–Crippen LogP) is 2.62. The van der Waals surface area contributed by atoms with Gasteiger partial charge in [-0.2, -0.15) is 5.06 Å². The Morgan fingerprint density at radius 3 is 2.50 bits per heavy atom. The molecule has 0 aromatic heterocycles. The average Bonchev–Trinajstić information content (AvgIpc) is 2.97. The minimum atomic E-state index is -3.74. The second-order valence-electron chi connectivity index (χ2n) is 6.47. The van der Waals surface area contributed by atoms with E-state index in [2.05, 4.69) is 4.72 Å². The van der Waals surface area contributed by atoms with Crippen LogP contribution in [0.15, 0.2) is 48.5 Å². The van der Waals surface area contributed by atoms with Gasteiger partial charge < -0.3 is 4.90 Å². The second-order valence-corrected chi connectivity index (χ2v) is 8.37. The SMILES string of the molecule is CN(C)c1ccc(NS(=O)(=O)[C@@H]2CON(C)[C@@H]2c2cccc(F)c2)cc1. The normalized spacial score (nSPS) is 20.9. The van der Waals surface area contributed by atoms with E-state index in [1.807, 2.05) is 31.1 Å². The van der Waals surface area contributed by atoms with Crippen LogP contribution < -0.4 is 9.62 Å². The van der Waals surface area contributed by atoms with Crippen molar-refractivity contribution in [3.63, 3.8) is 0 Å². The molecule has 1 saturated heterocycles. The molecule has 3 rings (SSSR count). The van der Waals surface area contributed by atoms with Crippen LogP contribution in [0.2, 0.25) is 0 Å². The Balaban J connectivity index is 1.85. The monoisotopic (exact) mass is 379 g/mol. The fourth-order valence-corrected chi connectivity index (χ4v) is 4.56. The highest BCUT2D eigenvalue weighted by Gasteiger charge is 2.43. The van der Waals surface area contributed by atoms with Crippen molar-refractivity contribution in [1.82, 2.24) is 5.06 Å². The fourth-order valence-electron chi connectivity index (χ4n) is 3.04. The number of rotatable bonds is 5. The molecule has 1 aliphatic heterocycles. The van der Waals surface area contributed by atoms with Crippen LogP contribution in [0.25, 0.3) is 0 Å². The van der Waals surface area contributed by atoms with E-state index in [1.54, 1.807) is 31.3 Å². The van der Waals surface area contributed by atoms with Crippen LogP contribution in [0.1, 0.15) is 11.6 Å². The maximum atomic E-state index is 13.6. The van der Waals surface area contributed by atoms with Gasteiger partial charge in [-0.3, -0.25) is 9.56 Å². The first kappa shape index (κ1) is 18.6. The van der Waals surface area contributed by atoms with Gasteiger partial charge in [0.15, 0.2) is 0 Å². The molecule has 140 valence electrons. The molecule has 0 amide bonds. The topological polar surface area (TPSA) is 61.9 Å². The first-order chi connectivity index (χ1) is 12.3. The van der Waals surface area contributed by atoms with Crippen LogP contribution in [-0.4, -0.2) is 46.5 Å². The second kappa shape index (κ2) is 7.22. The predicted molar refractivity (Wildman–Crippen MR) is 100.0 cm³/mol. The Hall–Kier alpha value is -2.16. The number of nitrogens with zero attached hydrogens (tertiary/aromatic N) is 2. The smallest absolute Gasteiger partial charge is 0.239 e. The van der Waals surface area contributed by atoms with Gasteiger partial charge in [-0.15, -0.1) is 0 Å². The quantitative estimate of drug-likeness (QED) is 0.865. The summed E-state index contributed by atoms with van der Waals surface area (Å²) in [6, 6.07) is 12.4. The molecule has 0 radical (unpaired) electrons. The number of halogens is 1. The summed E-state index contributed by atoms with van der Waals surface area (Å²) in [6.07, 6.45) is 0. The van der Waals surface area contributed by atoms with E-state index in [0.29, 0.717) is 11.3 Å². The lowest BCUT2D eigenvalue weighted by Gasteiger charge is -2.23. The third-order valence-corrected chi connectivity index (χ3v) is 6.13. The summed E-state index contributed by atoms with van der Waals surface area (Å²) in [7, 11) is 1.73. The Kier molecular flexibility index (Phi) is 5.17. The summed E-state index contributed by atoms with van der Waals surface area (Å²) in [5.41, 5.74) is 2.00. The van der Waals surface area contributed by atoms with Crippen molar-refractivity contribution in [2.45, 2.75) is 11.3 Å². The molecule has 2 aromatic carbocycles. The molecule has 26 heavy (non-hydrogen) atoms. The highest BCUT2D eigenvalue weighted by molar-refractivity contribution is 7.93. The molecule has 2 atom stereocenters. The van der Waals surface area contributed by atoms with Crippen LogP contribution >= 0.6 is 0 Å². The molecule has 1 N–H and O–H groups in total. The zero-order valence-corrected chi connectivity index (χ0v) is 15.7. The van der Waals surface area contributed by atoms with Gasteiger partial charge in [0.2, 0.25) is 10.0 Å². The van der Waals surface area contributed by atoms with Crippen molar-refractivity contribution in [2.75, 3.05) is 37.4 Å². The lowest BCUT2D eigenvalue weighted by atomic mass is 10.0.